The summed E-state index contributed by atoms with van der Waals surface area (Å²) in [6.07, 6.45) is -13.6. The monoisotopic (exact) mass is 822 g/mol. The van der Waals surface area contributed by atoms with Crippen LogP contribution in [0.2, 0.25) is 0 Å². The van der Waals surface area contributed by atoms with Crippen LogP contribution in [0, 0.1) is 0 Å². The minimum Gasteiger partial charge on any atom is -0.467 e. The molecular formula is C26H32Cl6N2O15. The number of nitrogens with zero attached hydrogens (tertiary/aromatic N) is 2. The smallest absolute Gasteiger partial charge is 0.431 e. The van der Waals surface area contributed by atoms with E-state index in [1.54, 1.807) is 0 Å². The minimum absolute atomic E-state index is 0.278. The van der Waals surface area contributed by atoms with Crippen molar-refractivity contribution in [3.8, 4) is 0 Å². The Labute approximate surface area is 309 Å². The lowest BCUT2D eigenvalue weighted by atomic mass is 9.94. The Morgan fingerprint density at radius 1 is 0.694 bits per heavy atom. The second kappa shape index (κ2) is 18.3. The van der Waals surface area contributed by atoms with Crippen LogP contribution < -0.4 is 0 Å². The fraction of sp³-hybridized carbons (Fsp3) is 0.731. The molecule has 0 N–H and O–H groups in total. The second-order valence-electron chi connectivity index (χ2n) is 10.4. The fourth-order valence-electron chi connectivity index (χ4n) is 4.72. The lowest BCUT2D eigenvalue weighted by Crippen LogP contribution is -2.67. The Balaban J connectivity index is 2.70. The Morgan fingerprint density at radius 3 is 1.61 bits per heavy atom. The van der Waals surface area contributed by atoms with Crippen molar-refractivity contribution in [2.75, 3.05) is 20.3 Å². The molecule has 0 bridgehead atoms. The molecule has 0 unspecified atom stereocenters. The van der Waals surface area contributed by atoms with Crippen molar-refractivity contribution < 1.29 is 71.5 Å². The van der Waals surface area contributed by atoms with Crippen molar-refractivity contribution in [2.45, 2.75) is 97.5 Å². The summed E-state index contributed by atoms with van der Waals surface area (Å²) in [6.45, 7) is 2.50. The number of methoxy groups -OCH3 is 1. The van der Waals surface area contributed by atoms with E-state index in [2.05, 4.69) is 0 Å². The summed E-state index contributed by atoms with van der Waals surface area (Å²) < 4.78 is 38.8. The highest BCUT2D eigenvalue weighted by Crippen LogP contribution is 2.36. The maximum absolute atomic E-state index is 13.6. The molecular weight excluding hydrogens is 793 g/mol. The third-order valence-corrected chi connectivity index (χ3v) is 6.99. The van der Waals surface area contributed by atoms with E-state index >= 15 is 0 Å². The second-order valence-corrected chi connectivity index (χ2v) is 15.4. The normalized spacial score (nSPS) is 25.8. The number of carbonyl (C=O) groups excluding carboxylic acids is 7. The molecule has 0 radical (unpaired) electrons. The standard InChI is InChI=1S/C26H32Cl6N2O15/c1-11(35)8-16-18(45-12(2)36)19(46-13(3)37)20(47-14(4)38)22(48-16)49-17-7-6-15(21(39)42-5)33(23(40)43-9-25(27,28)29)34(17)24(41)44-10-26(30,31)32/h15-20,22H,6-10H2,1-5H3/t15-,16+,17-,18+,19-,20+,22-/m0/s1. The molecule has 7 atom stereocenters. The summed E-state index contributed by atoms with van der Waals surface area (Å²) in [4.78, 5) is 88.5. The highest BCUT2D eigenvalue weighted by atomic mass is 35.6. The van der Waals surface area contributed by atoms with Crippen LogP contribution in [0.25, 0.3) is 0 Å². The van der Waals surface area contributed by atoms with Crippen LogP contribution in [0.15, 0.2) is 0 Å². The third kappa shape index (κ3) is 13.4. The van der Waals surface area contributed by atoms with Gasteiger partial charge in [-0.05, 0) is 19.8 Å². The van der Waals surface area contributed by atoms with Gasteiger partial charge >= 0.3 is 36.1 Å². The van der Waals surface area contributed by atoms with Gasteiger partial charge in [0.1, 0.15) is 25.1 Å². The molecule has 2 fully saturated rings. The molecule has 0 aromatic rings. The Kier molecular flexibility index (Phi) is 16.0. The van der Waals surface area contributed by atoms with Crippen LogP contribution in [0.4, 0.5) is 9.59 Å². The highest BCUT2D eigenvalue weighted by Gasteiger charge is 2.55. The molecule has 0 aromatic heterocycles. The lowest BCUT2D eigenvalue weighted by molar-refractivity contribution is -0.333. The number of hydrazine groups is 1. The average Bonchev–Trinajstić information content (AvgIpc) is 2.95. The molecule has 0 aromatic carbocycles. The van der Waals surface area contributed by atoms with Crippen molar-refractivity contribution in [1.29, 1.82) is 0 Å². The Hall–Kier alpha value is -2.25. The van der Waals surface area contributed by atoms with Crippen LogP contribution in [0.3, 0.4) is 0 Å². The lowest BCUT2D eigenvalue weighted by Gasteiger charge is -2.48. The number of esters is 4. The summed E-state index contributed by atoms with van der Waals surface area (Å²) in [5.41, 5.74) is 0. The number of ether oxygens (including phenoxy) is 8. The van der Waals surface area contributed by atoms with Gasteiger partial charge in [-0.3, -0.25) is 19.2 Å². The number of carbonyl (C=O) groups is 7. The molecule has 2 heterocycles. The van der Waals surface area contributed by atoms with E-state index in [9.17, 15) is 33.6 Å². The zero-order chi connectivity index (χ0) is 37.4. The molecule has 49 heavy (non-hydrogen) atoms. The molecule has 2 rings (SSSR count). The number of Topliss-reactive ketones (excluding diaryl/α,β-unsaturated/α-hetero) is 1. The number of halogens is 6. The number of hydrogen-bond acceptors (Lipinski definition) is 15. The van der Waals surface area contributed by atoms with E-state index in [1.165, 1.54) is 6.92 Å². The number of rotatable bonds is 10. The maximum atomic E-state index is 13.6. The van der Waals surface area contributed by atoms with Crippen molar-refractivity contribution in [3.63, 3.8) is 0 Å². The van der Waals surface area contributed by atoms with Crippen LogP contribution in [0.5, 0.6) is 0 Å². The molecule has 0 aliphatic carbocycles. The summed E-state index contributed by atoms with van der Waals surface area (Å²) in [5.74, 6) is -4.23. The average molecular weight is 825 g/mol. The van der Waals surface area contributed by atoms with Gasteiger partial charge in [0.05, 0.1) is 7.11 Å². The van der Waals surface area contributed by atoms with Gasteiger partial charge in [-0.2, -0.15) is 10.0 Å². The first-order valence-corrected chi connectivity index (χ1v) is 16.3. The quantitative estimate of drug-likeness (QED) is 0.175. The van der Waals surface area contributed by atoms with Crippen LogP contribution in [-0.2, 0) is 61.9 Å². The largest absolute Gasteiger partial charge is 0.467 e. The fourth-order valence-corrected chi connectivity index (χ4v) is 5.05. The van der Waals surface area contributed by atoms with Gasteiger partial charge in [0.25, 0.3) is 0 Å². The molecule has 0 saturated carbocycles. The SMILES string of the molecule is COC(=O)[C@@H]1CC[C@H](O[C@@H]2O[C@H](CC(C)=O)[C@@H](OC(C)=O)[C@H](OC(C)=O)[C@H]2OC(C)=O)N(C(=O)OCC(Cl)(Cl)Cl)N1C(=O)OCC(Cl)(Cl)Cl. The van der Waals surface area contributed by atoms with E-state index in [1.807, 2.05) is 0 Å². The zero-order valence-corrected chi connectivity index (χ0v) is 30.9. The van der Waals surface area contributed by atoms with Crippen molar-refractivity contribution >= 4 is 111 Å². The molecule has 2 saturated heterocycles. The predicted octanol–water partition coefficient (Wildman–Crippen LogP) is 3.70. The van der Waals surface area contributed by atoms with E-state index in [4.69, 9.17) is 108 Å². The minimum atomic E-state index is -2.15. The van der Waals surface area contributed by atoms with E-state index < -0.39 is 112 Å². The van der Waals surface area contributed by atoms with Gasteiger partial charge in [0.15, 0.2) is 30.6 Å². The van der Waals surface area contributed by atoms with Gasteiger partial charge in [-0.25, -0.2) is 14.4 Å². The van der Waals surface area contributed by atoms with Crippen LogP contribution in [0.1, 0.15) is 47.0 Å². The number of ketones is 1. The molecule has 0 spiro atoms. The summed E-state index contributed by atoms with van der Waals surface area (Å²) in [6, 6.07) is -1.57. The summed E-state index contributed by atoms with van der Waals surface area (Å²) in [7, 11) is 1.00. The van der Waals surface area contributed by atoms with Crippen molar-refractivity contribution in [2.24, 2.45) is 0 Å². The highest BCUT2D eigenvalue weighted by molar-refractivity contribution is 6.68. The summed E-state index contributed by atoms with van der Waals surface area (Å²) in [5, 5.41) is 0.897. The maximum Gasteiger partial charge on any atom is 0.431 e. The topological polar surface area (TPSA) is 200 Å². The van der Waals surface area contributed by atoms with E-state index in [0.717, 1.165) is 27.9 Å². The van der Waals surface area contributed by atoms with Gasteiger partial charge in [0, 0.05) is 27.2 Å². The van der Waals surface area contributed by atoms with Gasteiger partial charge < -0.3 is 37.9 Å². The molecule has 278 valence electrons. The van der Waals surface area contributed by atoms with Gasteiger partial charge in [-0.1, -0.05) is 69.6 Å². The molecule has 17 nitrogen and oxygen atoms in total. The first-order valence-electron chi connectivity index (χ1n) is 14.0. The van der Waals surface area contributed by atoms with Crippen molar-refractivity contribution in [3.05, 3.63) is 0 Å². The predicted molar refractivity (Wildman–Crippen MR) is 167 cm³/mol. The van der Waals surface area contributed by atoms with Crippen molar-refractivity contribution in [1.82, 2.24) is 10.0 Å². The molecule has 23 heteroatoms. The number of alkyl halides is 6. The number of amides is 2. The van der Waals surface area contributed by atoms with E-state index in [0.29, 0.717) is 10.0 Å². The summed E-state index contributed by atoms with van der Waals surface area (Å²) >= 11 is 34.4. The zero-order valence-electron chi connectivity index (χ0n) is 26.4. The first-order chi connectivity index (χ1) is 22.5. The molecule has 2 aliphatic heterocycles. The number of hydrogen-bond donors (Lipinski definition) is 0. The third-order valence-electron chi connectivity index (χ3n) is 6.33. The molecule has 2 aliphatic rings. The van der Waals surface area contributed by atoms with Crippen LogP contribution in [-0.4, -0.2) is 123 Å². The Morgan fingerprint density at radius 2 is 1.16 bits per heavy atom. The Bertz CT molecular complexity index is 1260. The molecule has 2 amide bonds. The van der Waals surface area contributed by atoms with Gasteiger partial charge in [-0.15, -0.1) is 0 Å². The van der Waals surface area contributed by atoms with Crippen LogP contribution >= 0.6 is 69.6 Å². The first kappa shape index (κ1) is 42.9. The van der Waals surface area contributed by atoms with Gasteiger partial charge in [0.2, 0.25) is 13.9 Å². The van der Waals surface area contributed by atoms with E-state index in [-0.39, 0.29) is 12.8 Å².